The Kier molecular flexibility index (Phi) is 4.66. The number of likely N-dealkylation sites (tertiary alicyclic amines) is 1. The highest BCUT2D eigenvalue weighted by Gasteiger charge is 2.40. The fraction of sp³-hybridized carbons (Fsp3) is 0.375. The van der Waals surface area contributed by atoms with Crippen molar-refractivity contribution in [3.05, 3.63) is 71.8 Å². The van der Waals surface area contributed by atoms with Crippen molar-refractivity contribution in [2.24, 2.45) is 0 Å². The Balaban J connectivity index is 1.60. The van der Waals surface area contributed by atoms with Gasteiger partial charge in [0.05, 0.1) is 0 Å². The third-order valence-electron chi connectivity index (χ3n) is 5.24. The van der Waals surface area contributed by atoms with Crippen molar-refractivity contribution in [3.63, 3.8) is 0 Å². The van der Waals surface area contributed by atoms with Crippen LogP contribution in [-0.4, -0.2) is 35.3 Å². The molecule has 0 N–H and O–H groups in total. The summed E-state index contributed by atoms with van der Waals surface area (Å²) in [5.74, 6) is 0.912. The molecule has 2 heterocycles. The molecule has 1 amide bonds. The quantitative estimate of drug-likeness (QED) is 0.679. The number of hydrogen-bond donors (Lipinski definition) is 0. The van der Waals surface area contributed by atoms with Crippen LogP contribution in [0.1, 0.15) is 44.7 Å². The van der Waals surface area contributed by atoms with Crippen LogP contribution in [0.4, 0.5) is 4.79 Å². The van der Waals surface area contributed by atoms with Gasteiger partial charge in [0.2, 0.25) is 0 Å². The summed E-state index contributed by atoms with van der Waals surface area (Å²) < 4.78 is 12.0. The summed E-state index contributed by atoms with van der Waals surface area (Å²) in [5, 5.41) is 0. The molecular weight excluding hydrogens is 350 g/mol. The minimum absolute atomic E-state index is 0.245. The molecule has 4 rings (SSSR count). The molecule has 0 radical (unpaired) electrons. The summed E-state index contributed by atoms with van der Waals surface area (Å²) in [7, 11) is 0. The molecule has 0 atom stereocenters. The average Bonchev–Trinajstić information content (AvgIpc) is 2.67. The maximum absolute atomic E-state index is 12.4. The number of carbonyl (C=O) groups excluding carboxylic acids is 1. The Hall–Kier alpha value is -2.75. The van der Waals surface area contributed by atoms with E-state index in [1.807, 2.05) is 45.0 Å². The summed E-state index contributed by atoms with van der Waals surface area (Å²) in [4.78, 5) is 14.2. The number of para-hydroxylation sites is 1. The van der Waals surface area contributed by atoms with Crippen molar-refractivity contribution in [2.75, 3.05) is 13.1 Å². The molecular formula is C24H27NO3. The zero-order chi connectivity index (χ0) is 19.8. The first-order valence-electron chi connectivity index (χ1n) is 9.90. The van der Waals surface area contributed by atoms with Crippen molar-refractivity contribution < 1.29 is 14.3 Å². The van der Waals surface area contributed by atoms with Crippen LogP contribution in [0.25, 0.3) is 5.57 Å². The monoisotopic (exact) mass is 377 g/mol. The lowest BCUT2D eigenvalue weighted by Gasteiger charge is -2.43. The molecule has 146 valence electrons. The van der Waals surface area contributed by atoms with Gasteiger partial charge < -0.3 is 14.4 Å². The number of rotatable bonds is 1. The molecule has 0 bridgehead atoms. The normalized spacial score (nSPS) is 18.1. The van der Waals surface area contributed by atoms with Gasteiger partial charge in [0.15, 0.2) is 0 Å². The minimum Gasteiger partial charge on any atom is -0.482 e. The molecule has 0 saturated carbocycles. The molecule has 28 heavy (non-hydrogen) atoms. The van der Waals surface area contributed by atoms with Gasteiger partial charge in [-0.15, -0.1) is 0 Å². The fourth-order valence-corrected chi connectivity index (χ4v) is 3.86. The predicted octanol–water partition coefficient (Wildman–Crippen LogP) is 5.28. The van der Waals surface area contributed by atoms with Crippen LogP contribution in [0.15, 0.2) is 60.7 Å². The first-order valence-corrected chi connectivity index (χ1v) is 9.90. The summed E-state index contributed by atoms with van der Waals surface area (Å²) in [6, 6.07) is 18.6. The Labute approximate surface area is 166 Å². The number of carbonyl (C=O) groups is 1. The molecule has 0 unspecified atom stereocenters. The van der Waals surface area contributed by atoms with E-state index in [4.69, 9.17) is 9.47 Å². The number of hydrogen-bond acceptors (Lipinski definition) is 3. The topological polar surface area (TPSA) is 38.8 Å². The van der Waals surface area contributed by atoms with Crippen molar-refractivity contribution >= 4 is 11.7 Å². The van der Waals surface area contributed by atoms with Gasteiger partial charge >= 0.3 is 6.09 Å². The van der Waals surface area contributed by atoms with Crippen LogP contribution < -0.4 is 4.74 Å². The molecule has 1 fully saturated rings. The maximum Gasteiger partial charge on any atom is 0.410 e. The van der Waals surface area contributed by atoms with Gasteiger partial charge in [0, 0.05) is 31.5 Å². The Bertz CT molecular complexity index is 888. The molecule has 2 aliphatic heterocycles. The number of amides is 1. The van der Waals surface area contributed by atoms with Gasteiger partial charge in [0.25, 0.3) is 0 Å². The van der Waals surface area contributed by atoms with E-state index in [-0.39, 0.29) is 6.09 Å². The predicted molar refractivity (Wildman–Crippen MR) is 110 cm³/mol. The van der Waals surface area contributed by atoms with E-state index < -0.39 is 11.2 Å². The van der Waals surface area contributed by atoms with Gasteiger partial charge in [-0.3, -0.25) is 0 Å². The van der Waals surface area contributed by atoms with E-state index in [2.05, 4.69) is 36.4 Å². The molecule has 2 aromatic rings. The maximum atomic E-state index is 12.4. The Morgan fingerprint density at radius 1 is 1.00 bits per heavy atom. The fourth-order valence-electron chi connectivity index (χ4n) is 3.86. The molecule has 1 saturated heterocycles. The van der Waals surface area contributed by atoms with E-state index in [9.17, 15) is 4.79 Å². The molecule has 4 heteroatoms. The standard InChI is InChI=1S/C24H27NO3/c1-23(2,3)28-22(26)25-15-13-24(14-16-25)17-20(18-9-5-4-6-10-18)19-11-7-8-12-21(19)27-24/h4-12,17H,13-16H2,1-3H3. The first-order chi connectivity index (χ1) is 13.4. The zero-order valence-corrected chi connectivity index (χ0v) is 16.8. The van der Waals surface area contributed by atoms with E-state index >= 15 is 0 Å². The highest BCUT2D eigenvalue weighted by Crippen LogP contribution is 2.43. The minimum atomic E-state index is -0.479. The molecule has 2 aliphatic rings. The highest BCUT2D eigenvalue weighted by atomic mass is 16.6. The number of piperidine rings is 1. The summed E-state index contributed by atoms with van der Waals surface area (Å²) in [6.07, 6.45) is 3.51. The molecule has 0 aliphatic carbocycles. The van der Waals surface area contributed by atoms with Crippen molar-refractivity contribution in [1.29, 1.82) is 0 Å². The number of ether oxygens (including phenoxy) is 2. The summed E-state index contributed by atoms with van der Waals surface area (Å²) in [6.45, 7) is 6.93. The van der Waals surface area contributed by atoms with Gasteiger partial charge in [-0.05, 0) is 44.1 Å². The number of nitrogens with zero attached hydrogens (tertiary/aromatic N) is 1. The Morgan fingerprint density at radius 2 is 1.64 bits per heavy atom. The van der Waals surface area contributed by atoms with E-state index in [1.165, 1.54) is 11.1 Å². The molecule has 2 aromatic carbocycles. The van der Waals surface area contributed by atoms with Crippen molar-refractivity contribution in [1.82, 2.24) is 4.90 Å². The summed E-state index contributed by atoms with van der Waals surface area (Å²) in [5.41, 5.74) is 2.64. The van der Waals surface area contributed by atoms with Crippen molar-refractivity contribution in [2.45, 2.75) is 44.8 Å². The second kappa shape index (κ2) is 7.01. The van der Waals surface area contributed by atoms with Gasteiger partial charge in [0.1, 0.15) is 17.0 Å². The SMILES string of the molecule is CC(C)(C)OC(=O)N1CCC2(C=C(c3ccccc3)c3ccccc3O2)CC1. The van der Waals surface area contributed by atoms with Gasteiger partial charge in [-0.1, -0.05) is 48.5 Å². The smallest absolute Gasteiger partial charge is 0.410 e. The van der Waals surface area contributed by atoms with E-state index in [1.54, 1.807) is 4.90 Å². The number of benzene rings is 2. The second-order valence-electron chi connectivity index (χ2n) is 8.55. The van der Waals surface area contributed by atoms with Crippen LogP contribution in [0.5, 0.6) is 5.75 Å². The second-order valence-corrected chi connectivity index (χ2v) is 8.55. The van der Waals surface area contributed by atoms with E-state index in [0.717, 1.165) is 24.2 Å². The van der Waals surface area contributed by atoms with Crippen LogP contribution in [0.3, 0.4) is 0 Å². The lowest BCUT2D eigenvalue weighted by Crippen LogP contribution is -2.50. The third-order valence-corrected chi connectivity index (χ3v) is 5.24. The summed E-state index contributed by atoms with van der Waals surface area (Å²) >= 11 is 0. The van der Waals surface area contributed by atoms with Gasteiger partial charge in [-0.25, -0.2) is 4.79 Å². The lowest BCUT2D eigenvalue weighted by molar-refractivity contribution is -0.00115. The van der Waals surface area contributed by atoms with Crippen LogP contribution in [0.2, 0.25) is 0 Å². The third kappa shape index (κ3) is 3.77. The molecule has 1 spiro atoms. The first kappa shape index (κ1) is 18.6. The zero-order valence-electron chi connectivity index (χ0n) is 16.8. The van der Waals surface area contributed by atoms with E-state index in [0.29, 0.717) is 13.1 Å². The molecule has 0 aromatic heterocycles. The van der Waals surface area contributed by atoms with Crippen LogP contribution in [0, 0.1) is 0 Å². The largest absolute Gasteiger partial charge is 0.482 e. The molecule has 4 nitrogen and oxygen atoms in total. The van der Waals surface area contributed by atoms with Crippen molar-refractivity contribution in [3.8, 4) is 5.75 Å². The average molecular weight is 377 g/mol. The highest BCUT2D eigenvalue weighted by molar-refractivity contribution is 5.84. The number of fused-ring (bicyclic) bond motifs is 1. The van der Waals surface area contributed by atoms with Gasteiger partial charge in [-0.2, -0.15) is 0 Å². The van der Waals surface area contributed by atoms with Crippen LogP contribution >= 0.6 is 0 Å². The Morgan fingerprint density at radius 3 is 2.32 bits per heavy atom. The van der Waals surface area contributed by atoms with Crippen LogP contribution in [-0.2, 0) is 4.74 Å². The lowest BCUT2D eigenvalue weighted by atomic mass is 9.83.